The van der Waals surface area contributed by atoms with Gasteiger partial charge in [0.25, 0.3) is 0 Å². The highest BCUT2D eigenvalue weighted by Gasteiger charge is 2.00. The Hall–Kier alpha value is -3.90. The molecule has 166 valence electrons. The second kappa shape index (κ2) is 9.15. The van der Waals surface area contributed by atoms with Crippen molar-refractivity contribution in [2.45, 2.75) is 27.7 Å². The van der Waals surface area contributed by atoms with Crippen molar-refractivity contribution in [1.29, 1.82) is 0 Å². The van der Waals surface area contributed by atoms with E-state index in [1.54, 1.807) is 0 Å². The zero-order valence-electron chi connectivity index (χ0n) is 20.4. The number of hydrogen-bond donors (Lipinski definition) is 0. The molecule has 0 amide bonds. The number of benzene rings is 6. The Morgan fingerprint density at radius 1 is 0.265 bits per heavy atom. The standard InChI is InChI=1S/C18H16.C16H14/c1-13-3-6-15(7-4-13)17-10-9-16-11-14(2)5-8-18(16)12-17;1-11-3-5-13-10-16-8-12(2)4-6-14(16)9-15(13)7-11/h3-12H,1-2H3;3-10H,1-2H3. The van der Waals surface area contributed by atoms with Crippen molar-refractivity contribution in [3.63, 3.8) is 0 Å². The summed E-state index contributed by atoms with van der Waals surface area (Å²) in [6.07, 6.45) is 0. The summed E-state index contributed by atoms with van der Waals surface area (Å²) in [6, 6.07) is 39.7. The Morgan fingerprint density at radius 3 is 1.15 bits per heavy atom. The average Bonchev–Trinajstić information content (AvgIpc) is 2.83. The minimum atomic E-state index is 1.28. The SMILES string of the molecule is Cc1ccc(-c2ccc3cc(C)ccc3c2)cc1.Cc1ccc2cc3cc(C)ccc3cc2c1. The first-order valence-electron chi connectivity index (χ1n) is 11.9. The minimum Gasteiger partial charge on any atom is -0.0587 e. The fourth-order valence-corrected chi connectivity index (χ4v) is 4.53. The van der Waals surface area contributed by atoms with Crippen molar-refractivity contribution < 1.29 is 0 Å². The first kappa shape index (κ1) is 21.9. The predicted octanol–water partition coefficient (Wildman–Crippen LogP) is 9.73. The van der Waals surface area contributed by atoms with Gasteiger partial charge in [0.15, 0.2) is 0 Å². The molecule has 0 aliphatic heterocycles. The summed E-state index contributed by atoms with van der Waals surface area (Å²) >= 11 is 0. The van der Waals surface area contributed by atoms with Crippen LogP contribution in [-0.4, -0.2) is 0 Å². The Kier molecular flexibility index (Phi) is 5.90. The van der Waals surface area contributed by atoms with E-state index in [2.05, 4.69) is 137 Å². The molecule has 0 atom stereocenters. The van der Waals surface area contributed by atoms with Crippen LogP contribution in [0.15, 0.2) is 109 Å². The molecule has 0 bridgehead atoms. The fraction of sp³-hybridized carbons (Fsp3) is 0.118. The Bertz CT molecular complexity index is 1560. The quantitative estimate of drug-likeness (QED) is 0.224. The van der Waals surface area contributed by atoms with Gasteiger partial charge in [0, 0.05) is 0 Å². The summed E-state index contributed by atoms with van der Waals surface area (Å²) in [5.74, 6) is 0. The zero-order chi connectivity index (χ0) is 23.7. The molecule has 6 rings (SSSR count). The van der Waals surface area contributed by atoms with Crippen molar-refractivity contribution in [3.05, 3.63) is 131 Å². The van der Waals surface area contributed by atoms with E-state index in [1.807, 2.05) is 0 Å². The van der Waals surface area contributed by atoms with Crippen molar-refractivity contribution in [3.8, 4) is 11.1 Å². The Labute approximate surface area is 202 Å². The van der Waals surface area contributed by atoms with Gasteiger partial charge in [-0.15, -0.1) is 0 Å². The molecule has 0 N–H and O–H groups in total. The molecule has 0 aliphatic carbocycles. The maximum absolute atomic E-state index is 2.27. The van der Waals surface area contributed by atoms with Gasteiger partial charge in [0.2, 0.25) is 0 Å². The average molecular weight is 439 g/mol. The Balaban J connectivity index is 0.000000142. The number of hydrogen-bond acceptors (Lipinski definition) is 0. The van der Waals surface area contributed by atoms with Crippen LogP contribution in [0.2, 0.25) is 0 Å². The van der Waals surface area contributed by atoms with E-state index in [0.717, 1.165) is 0 Å². The lowest BCUT2D eigenvalue weighted by molar-refractivity contribution is 1.47. The van der Waals surface area contributed by atoms with E-state index in [1.165, 1.54) is 65.7 Å². The van der Waals surface area contributed by atoms with Gasteiger partial charge in [0.1, 0.15) is 0 Å². The van der Waals surface area contributed by atoms with Gasteiger partial charge >= 0.3 is 0 Å². The van der Waals surface area contributed by atoms with Gasteiger partial charge in [-0.3, -0.25) is 0 Å². The van der Waals surface area contributed by atoms with E-state index >= 15 is 0 Å². The van der Waals surface area contributed by atoms with E-state index in [0.29, 0.717) is 0 Å². The molecule has 0 aromatic heterocycles. The number of fused-ring (bicyclic) bond motifs is 3. The third-order valence-corrected chi connectivity index (χ3v) is 6.49. The molecule has 0 spiro atoms. The van der Waals surface area contributed by atoms with Gasteiger partial charge in [-0.05, 0) is 89.3 Å². The molecule has 0 radical (unpaired) electrons. The van der Waals surface area contributed by atoms with Gasteiger partial charge < -0.3 is 0 Å². The topological polar surface area (TPSA) is 0 Å². The lowest BCUT2D eigenvalue weighted by Crippen LogP contribution is -1.80. The third-order valence-electron chi connectivity index (χ3n) is 6.49. The van der Waals surface area contributed by atoms with Crippen molar-refractivity contribution in [2.75, 3.05) is 0 Å². The summed E-state index contributed by atoms with van der Waals surface area (Å²) in [5.41, 5.74) is 7.81. The van der Waals surface area contributed by atoms with Gasteiger partial charge in [0.05, 0.1) is 0 Å². The van der Waals surface area contributed by atoms with Crippen LogP contribution < -0.4 is 0 Å². The molecule has 0 fully saturated rings. The molecule has 0 saturated carbocycles. The molecule has 0 nitrogen and oxygen atoms in total. The molecule has 0 unspecified atom stereocenters. The lowest BCUT2D eigenvalue weighted by atomic mass is 9.99. The minimum absolute atomic E-state index is 1.28. The number of aryl methyl sites for hydroxylation is 4. The molecule has 6 aromatic rings. The van der Waals surface area contributed by atoms with Crippen molar-refractivity contribution in [2.24, 2.45) is 0 Å². The highest BCUT2D eigenvalue weighted by Crippen LogP contribution is 2.26. The van der Waals surface area contributed by atoms with Crippen LogP contribution in [0.25, 0.3) is 43.4 Å². The highest BCUT2D eigenvalue weighted by molar-refractivity contribution is 5.98. The van der Waals surface area contributed by atoms with Crippen LogP contribution in [0.5, 0.6) is 0 Å². The van der Waals surface area contributed by atoms with Gasteiger partial charge in [-0.2, -0.15) is 0 Å². The molecular weight excluding hydrogens is 408 g/mol. The summed E-state index contributed by atoms with van der Waals surface area (Å²) in [4.78, 5) is 0. The van der Waals surface area contributed by atoms with Gasteiger partial charge in [-0.25, -0.2) is 0 Å². The fourth-order valence-electron chi connectivity index (χ4n) is 4.53. The predicted molar refractivity (Wildman–Crippen MR) is 150 cm³/mol. The maximum Gasteiger partial charge on any atom is -0.0175 e. The smallest absolute Gasteiger partial charge is 0.0175 e. The summed E-state index contributed by atoms with van der Waals surface area (Å²) in [7, 11) is 0. The molecule has 0 heterocycles. The third kappa shape index (κ3) is 4.72. The summed E-state index contributed by atoms with van der Waals surface area (Å²) in [6.45, 7) is 8.53. The molecular formula is C34H30. The monoisotopic (exact) mass is 438 g/mol. The van der Waals surface area contributed by atoms with Gasteiger partial charge in [-0.1, -0.05) is 113 Å². The van der Waals surface area contributed by atoms with E-state index in [9.17, 15) is 0 Å². The normalized spacial score (nSPS) is 10.9. The van der Waals surface area contributed by atoms with Crippen LogP contribution in [0.1, 0.15) is 22.3 Å². The zero-order valence-corrected chi connectivity index (χ0v) is 20.4. The van der Waals surface area contributed by atoms with Crippen LogP contribution in [0, 0.1) is 27.7 Å². The van der Waals surface area contributed by atoms with E-state index < -0.39 is 0 Å². The summed E-state index contributed by atoms with van der Waals surface area (Å²) < 4.78 is 0. The summed E-state index contributed by atoms with van der Waals surface area (Å²) in [5, 5.41) is 7.92. The largest absolute Gasteiger partial charge is 0.0587 e. The Morgan fingerprint density at radius 2 is 0.618 bits per heavy atom. The van der Waals surface area contributed by atoms with Crippen molar-refractivity contribution in [1.82, 2.24) is 0 Å². The van der Waals surface area contributed by atoms with Crippen molar-refractivity contribution >= 4 is 32.3 Å². The molecule has 0 heteroatoms. The second-order valence-corrected chi connectivity index (χ2v) is 9.48. The van der Waals surface area contributed by atoms with Crippen LogP contribution >= 0.6 is 0 Å². The molecule has 6 aromatic carbocycles. The van der Waals surface area contributed by atoms with Crippen LogP contribution in [-0.2, 0) is 0 Å². The first-order valence-corrected chi connectivity index (χ1v) is 11.9. The number of rotatable bonds is 1. The second-order valence-electron chi connectivity index (χ2n) is 9.48. The molecule has 0 aliphatic rings. The van der Waals surface area contributed by atoms with E-state index in [4.69, 9.17) is 0 Å². The first-order chi connectivity index (χ1) is 16.4. The van der Waals surface area contributed by atoms with Crippen LogP contribution in [0.4, 0.5) is 0 Å². The molecule has 34 heavy (non-hydrogen) atoms. The highest BCUT2D eigenvalue weighted by atomic mass is 14.1. The van der Waals surface area contributed by atoms with Crippen LogP contribution in [0.3, 0.4) is 0 Å². The lowest BCUT2D eigenvalue weighted by Gasteiger charge is -2.05. The van der Waals surface area contributed by atoms with E-state index in [-0.39, 0.29) is 0 Å². The maximum atomic E-state index is 2.27. The molecule has 0 saturated heterocycles.